The maximum absolute atomic E-state index is 12.5. The Hall–Kier alpha value is -2.94. The van der Waals surface area contributed by atoms with Gasteiger partial charge < -0.3 is 5.32 Å². The van der Waals surface area contributed by atoms with Gasteiger partial charge in [-0.15, -0.1) is 0 Å². The fraction of sp³-hybridized carbons (Fsp3) is 0.333. The van der Waals surface area contributed by atoms with Crippen LogP contribution in [-0.2, 0) is 4.79 Å². The zero-order valence-corrected chi connectivity index (χ0v) is 14.0. The van der Waals surface area contributed by atoms with Crippen molar-refractivity contribution in [2.24, 2.45) is 5.92 Å². The van der Waals surface area contributed by atoms with Crippen molar-refractivity contribution < 1.29 is 9.59 Å². The van der Waals surface area contributed by atoms with E-state index in [9.17, 15) is 9.59 Å². The van der Waals surface area contributed by atoms with Gasteiger partial charge in [0, 0.05) is 24.2 Å². The number of hydrogen-bond acceptors (Lipinski definition) is 4. The number of amides is 2. The van der Waals surface area contributed by atoms with Gasteiger partial charge in [0.05, 0.1) is 5.52 Å². The Morgan fingerprint density at radius 1 is 1.33 bits per heavy atom. The van der Waals surface area contributed by atoms with E-state index < -0.39 is 11.9 Å². The Morgan fingerprint density at radius 3 is 2.75 bits per heavy atom. The highest BCUT2D eigenvalue weighted by Crippen LogP contribution is 2.14. The maximum atomic E-state index is 12.5. The topological polar surface area (TPSA) is 86.1 Å². The van der Waals surface area contributed by atoms with Gasteiger partial charge >= 0.3 is 0 Å². The fourth-order valence-electron chi connectivity index (χ4n) is 2.43. The second kappa shape index (κ2) is 7.55. The predicted molar refractivity (Wildman–Crippen MR) is 90.8 cm³/mol. The van der Waals surface area contributed by atoms with E-state index in [1.807, 2.05) is 19.9 Å². The van der Waals surface area contributed by atoms with Crippen LogP contribution in [0.15, 0.2) is 36.5 Å². The summed E-state index contributed by atoms with van der Waals surface area (Å²) in [7, 11) is 1.39. The van der Waals surface area contributed by atoms with E-state index in [0.717, 1.165) is 15.8 Å². The molecular weight excluding hydrogens is 304 g/mol. The minimum Gasteiger partial charge on any atom is -0.340 e. The van der Waals surface area contributed by atoms with Gasteiger partial charge in [-0.2, -0.15) is 5.26 Å². The van der Waals surface area contributed by atoms with Gasteiger partial charge in [0.25, 0.3) is 11.8 Å². The van der Waals surface area contributed by atoms with Gasteiger partial charge in [0.1, 0.15) is 6.04 Å². The highest BCUT2D eigenvalue weighted by atomic mass is 16.2. The summed E-state index contributed by atoms with van der Waals surface area (Å²) >= 11 is 0. The summed E-state index contributed by atoms with van der Waals surface area (Å²) in [6.45, 7) is 3.92. The molecule has 0 aliphatic heterocycles. The number of rotatable bonds is 5. The van der Waals surface area contributed by atoms with Crippen molar-refractivity contribution in [2.45, 2.75) is 26.3 Å². The summed E-state index contributed by atoms with van der Waals surface area (Å²) in [5, 5.41) is 12.5. The average Bonchev–Trinajstić information content (AvgIpc) is 2.58. The van der Waals surface area contributed by atoms with Crippen LogP contribution < -0.4 is 5.32 Å². The molecule has 0 bridgehead atoms. The average molecular weight is 324 g/mol. The Kier molecular flexibility index (Phi) is 5.48. The number of carbonyl (C=O) groups is 2. The largest absolute Gasteiger partial charge is 0.340 e. The summed E-state index contributed by atoms with van der Waals surface area (Å²) in [5.74, 6) is -0.555. The number of carbonyl (C=O) groups excluding carboxylic acids is 2. The van der Waals surface area contributed by atoms with Crippen LogP contribution in [0.5, 0.6) is 0 Å². The first-order valence-corrected chi connectivity index (χ1v) is 7.75. The Balaban J connectivity index is 2.22. The second-order valence-electron chi connectivity index (χ2n) is 6.06. The van der Waals surface area contributed by atoms with Crippen LogP contribution in [0.1, 0.15) is 30.6 Å². The van der Waals surface area contributed by atoms with Gasteiger partial charge in [-0.3, -0.25) is 19.5 Å². The van der Waals surface area contributed by atoms with Crippen LogP contribution in [0.2, 0.25) is 0 Å². The second-order valence-corrected chi connectivity index (χ2v) is 6.06. The monoisotopic (exact) mass is 324 g/mol. The third-order valence-electron chi connectivity index (χ3n) is 3.66. The number of benzene rings is 1. The number of fused-ring (bicyclic) bond motifs is 1. The zero-order valence-electron chi connectivity index (χ0n) is 14.0. The van der Waals surface area contributed by atoms with E-state index in [0.29, 0.717) is 12.0 Å². The van der Waals surface area contributed by atoms with Gasteiger partial charge in [-0.25, -0.2) is 0 Å². The number of aromatic nitrogens is 1. The SMILES string of the molecule is CC(C)CC(NC(=O)c1ccc2ncccc2c1)C(=O)N(C)C#N. The van der Waals surface area contributed by atoms with E-state index in [1.165, 1.54) is 7.05 Å². The molecule has 1 atom stereocenters. The summed E-state index contributed by atoms with van der Waals surface area (Å²) in [4.78, 5) is 29.9. The lowest BCUT2D eigenvalue weighted by Gasteiger charge is -2.21. The van der Waals surface area contributed by atoms with E-state index in [-0.39, 0.29) is 11.8 Å². The van der Waals surface area contributed by atoms with Crippen molar-refractivity contribution in [3.8, 4) is 6.19 Å². The number of nitriles is 1. The molecule has 6 heteroatoms. The van der Waals surface area contributed by atoms with Crippen molar-refractivity contribution in [1.29, 1.82) is 5.26 Å². The standard InChI is InChI=1S/C18H20N4O2/c1-12(2)9-16(18(24)22(3)11-19)21-17(23)14-6-7-15-13(10-14)5-4-8-20-15/h4-8,10,12,16H,9H2,1-3H3,(H,21,23). The van der Waals surface area contributed by atoms with Crippen molar-refractivity contribution in [3.05, 3.63) is 42.1 Å². The van der Waals surface area contributed by atoms with Crippen LogP contribution in [0.3, 0.4) is 0 Å². The molecule has 24 heavy (non-hydrogen) atoms. The van der Waals surface area contributed by atoms with Crippen molar-refractivity contribution in [2.75, 3.05) is 7.05 Å². The summed E-state index contributed by atoms with van der Waals surface area (Å²) < 4.78 is 0. The Bertz CT molecular complexity index is 795. The molecular formula is C18H20N4O2. The van der Waals surface area contributed by atoms with E-state index in [2.05, 4.69) is 10.3 Å². The molecule has 2 amide bonds. The molecule has 0 spiro atoms. The lowest BCUT2D eigenvalue weighted by molar-refractivity contribution is -0.129. The van der Waals surface area contributed by atoms with Gasteiger partial charge in [0.15, 0.2) is 6.19 Å². The summed E-state index contributed by atoms with van der Waals surface area (Å²) in [6, 6.07) is 8.13. The third-order valence-corrected chi connectivity index (χ3v) is 3.66. The highest BCUT2D eigenvalue weighted by molar-refractivity contribution is 6.00. The molecule has 0 fully saturated rings. The number of nitrogens with one attached hydrogen (secondary N) is 1. The first kappa shape index (κ1) is 17.4. The Labute approximate surface area is 141 Å². The third kappa shape index (κ3) is 4.07. The normalized spacial score (nSPS) is 11.8. The van der Waals surface area contributed by atoms with E-state index >= 15 is 0 Å². The summed E-state index contributed by atoms with van der Waals surface area (Å²) in [6.07, 6.45) is 3.94. The van der Waals surface area contributed by atoms with E-state index in [4.69, 9.17) is 5.26 Å². The number of nitrogens with zero attached hydrogens (tertiary/aromatic N) is 3. The van der Waals surface area contributed by atoms with Crippen molar-refractivity contribution >= 4 is 22.7 Å². The maximum Gasteiger partial charge on any atom is 0.257 e. The number of likely N-dealkylation sites (N-methyl/N-ethyl adjacent to an activating group) is 1. The van der Waals surface area contributed by atoms with Gasteiger partial charge in [-0.05, 0) is 36.6 Å². The molecule has 0 aliphatic rings. The molecule has 0 radical (unpaired) electrons. The lowest BCUT2D eigenvalue weighted by Crippen LogP contribution is -2.46. The van der Waals surface area contributed by atoms with Crippen LogP contribution in [-0.4, -0.2) is 34.8 Å². The molecule has 0 saturated carbocycles. The molecule has 2 aromatic rings. The van der Waals surface area contributed by atoms with Crippen LogP contribution in [0.25, 0.3) is 10.9 Å². The van der Waals surface area contributed by atoms with Gasteiger partial charge in [0.2, 0.25) is 0 Å². The molecule has 6 nitrogen and oxygen atoms in total. The predicted octanol–water partition coefficient (Wildman–Crippen LogP) is 2.32. The minimum atomic E-state index is -0.730. The van der Waals surface area contributed by atoms with Crippen molar-refractivity contribution in [3.63, 3.8) is 0 Å². The highest BCUT2D eigenvalue weighted by Gasteiger charge is 2.25. The van der Waals surface area contributed by atoms with Crippen molar-refractivity contribution in [1.82, 2.24) is 15.2 Å². The molecule has 0 saturated heterocycles. The molecule has 1 aromatic heterocycles. The Morgan fingerprint density at radius 2 is 2.08 bits per heavy atom. The molecule has 2 rings (SSSR count). The minimum absolute atomic E-state index is 0.201. The van der Waals surface area contributed by atoms with E-state index in [1.54, 1.807) is 36.7 Å². The smallest absolute Gasteiger partial charge is 0.257 e. The molecule has 1 heterocycles. The number of hydrogen-bond donors (Lipinski definition) is 1. The van der Waals surface area contributed by atoms with Crippen LogP contribution in [0, 0.1) is 17.4 Å². The summed E-state index contributed by atoms with van der Waals surface area (Å²) in [5.41, 5.74) is 1.25. The quantitative estimate of drug-likeness (QED) is 0.675. The zero-order chi connectivity index (χ0) is 17.7. The lowest BCUT2D eigenvalue weighted by atomic mass is 10.0. The first-order chi connectivity index (χ1) is 11.4. The molecule has 124 valence electrons. The fourth-order valence-corrected chi connectivity index (χ4v) is 2.43. The van der Waals surface area contributed by atoms with Crippen LogP contribution in [0.4, 0.5) is 0 Å². The molecule has 1 unspecified atom stereocenters. The molecule has 0 aliphatic carbocycles. The number of pyridine rings is 1. The van der Waals surface area contributed by atoms with Gasteiger partial charge in [-0.1, -0.05) is 19.9 Å². The first-order valence-electron chi connectivity index (χ1n) is 7.75. The van der Waals surface area contributed by atoms with Crippen LogP contribution >= 0.6 is 0 Å². The molecule has 1 N–H and O–H groups in total. The molecule has 1 aromatic carbocycles.